The van der Waals surface area contributed by atoms with E-state index in [1.54, 1.807) is 19.9 Å². The molecule has 3 N–H and O–H groups in total. The van der Waals surface area contributed by atoms with Crippen molar-refractivity contribution in [3.63, 3.8) is 0 Å². The lowest BCUT2D eigenvalue weighted by atomic mass is 9.86. The number of aliphatic hydroxyl groups excluding tert-OH is 1. The van der Waals surface area contributed by atoms with Crippen LogP contribution in [0.15, 0.2) is 21.8 Å². The number of thioether (sulfide) groups is 1. The van der Waals surface area contributed by atoms with E-state index in [1.807, 2.05) is 0 Å². The number of nitrogens with zero attached hydrogens (tertiary/aromatic N) is 2. The average molecular weight is 526 g/mol. The van der Waals surface area contributed by atoms with Gasteiger partial charge in [-0.2, -0.15) is 0 Å². The molecule has 37 heavy (non-hydrogen) atoms. The normalized spacial score (nSPS) is 21.3. The summed E-state index contributed by atoms with van der Waals surface area (Å²) in [5, 5.41) is 24.0. The Hall–Kier alpha value is -3.28. The number of rotatable bonds is 4. The molecule has 0 saturated carbocycles. The molecule has 1 aromatic carbocycles. The monoisotopic (exact) mass is 525 g/mol. The molecule has 2 aromatic heterocycles. The Morgan fingerprint density at radius 2 is 2.14 bits per heavy atom. The zero-order chi connectivity index (χ0) is 26.2. The van der Waals surface area contributed by atoms with Crippen molar-refractivity contribution < 1.29 is 28.9 Å². The van der Waals surface area contributed by atoms with E-state index < -0.39 is 29.0 Å². The molecule has 6 rings (SSSR count). The maximum absolute atomic E-state index is 14.9. The molecule has 0 unspecified atom stereocenters. The first-order valence-electron chi connectivity index (χ1n) is 12.0. The maximum Gasteiger partial charge on any atom is 0.343 e. The van der Waals surface area contributed by atoms with Crippen molar-refractivity contribution in [2.75, 3.05) is 12.4 Å². The molecular weight excluding hydrogens is 501 g/mol. The third kappa shape index (κ3) is 3.30. The summed E-state index contributed by atoms with van der Waals surface area (Å²) in [5.74, 6) is -1.09. The highest BCUT2D eigenvalue weighted by Gasteiger charge is 2.46. The van der Waals surface area contributed by atoms with Crippen LogP contribution in [0.3, 0.4) is 0 Å². The first kappa shape index (κ1) is 24.1. The number of aromatic nitrogens is 2. The molecule has 0 fully saturated rings. The molecule has 2 atom stereocenters. The Morgan fingerprint density at radius 3 is 2.86 bits per heavy atom. The van der Waals surface area contributed by atoms with Crippen LogP contribution in [-0.2, 0) is 33.1 Å². The van der Waals surface area contributed by atoms with Crippen LogP contribution in [0.25, 0.3) is 22.3 Å². The zero-order valence-corrected chi connectivity index (χ0v) is 21.0. The number of hydrogen-bond acceptors (Lipinski definition) is 8. The predicted molar refractivity (Wildman–Crippen MR) is 133 cm³/mol. The molecular formula is C26H24FN3O6S. The second kappa shape index (κ2) is 8.37. The minimum absolute atomic E-state index is 0.0228. The number of halogens is 1. The van der Waals surface area contributed by atoms with Gasteiger partial charge in [0.25, 0.3) is 5.56 Å². The molecule has 5 heterocycles. The van der Waals surface area contributed by atoms with Gasteiger partial charge < -0.3 is 24.8 Å². The van der Waals surface area contributed by atoms with E-state index in [1.165, 1.54) is 22.4 Å². The summed E-state index contributed by atoms with van der Waals surface area (Å²) in [6, 6.07) is 2.52. The van der Waals surface area contributed by atoms with Crippen LogP contribution in [0.1, 0.15) is 53.6 Å². The number of aliphatic hydroxyl groups is 2. The van der Waals surface area contributed by atoms with E-state index in [4.69, 9.17) is 9.72 Å². The van der Waals surface area contributed by atoms with Gasteiger partial charge in [-0.05, 0) is 30.5 Å². The Bertz CT molecular complexity index is 1600. The lowest BCUT2D eigenvalue weighted by Gasteiger charge is -2.31. The average Bonchev–Trinajstić information content (AvgIpc) is 3.24. The van der Waals surface area contributed by atoms with Gasteiger partial charge in [0, 0.05) is 39.6 Å². The van der Waals surface area contributed by atoms with Crippen LogP contribution < -0.4 is 10.9 Å². The summed E-state index contributed by atoms with van der Waals surface area (Å²) in [5.41, 5.74) is 1.30. The third-order valence-corrected chi connectivity index (χ3v) is 8.88. The van der Waals surface area contributed by atoms with Crippen molar-refractivity contribution in [1.29, 1.82) is 0 Å². The fourth-order valence-electron chi connectivity index (χ4n) is 5.61. The number of pyridine rings is 2. The van der Waals surface area contributed by atoms with Gasteiger partial charge in [0.15, 0.2) is 5.60 Å². The Balaban J connectivity index is 1.63. The molecule has 0 saturated heterocycles. The summed E-state index contributed by atoms with van der Waals surface area (Å²) in [6.07, 6.45) is -0.0298. The van der Waals surface area contributed by atoms with Crippen molar-refractivity contribution in [1.82, 2.24) is 14.9 Å². The molecule has 192 valence electrons. The molecule has 3 aliphatic rings. The molecule has 11 heteroatoms. The smallest absolute Gasteiger partial charge is 0.343 e. The quantitative estimate of drug-likeness (QED) is 0.346. The van der Waals surface area contributed by atoms with Gasteiger partial charge in [0.1, 0.15) is 12.4 Å². The van der Waals surface area contributed by atoms with Gasteiger partial charge in [0.2, 0.25) is 5.91 Å². The SMILES string of the molecule is CC[C@@]1(O)C(=O)OCc2c1cc1n(c2=O)Cc2c-1nc1cc(F)c(C)c3c1c2[C@H](NC(=O)CCO)CS3. The largest absolute Gasteiger partial charge is 0.458 e. The van der Waals surface area contributed by atoms with Gasteiger partial charge in [-0.1, -0.05) is 6.92 Å². The summed E-state index contributed by atoms with van der Waals surface area (Å²) in [7, 11) is 0. The van der Waals surface area contributed by atoms with Crippen molar-refractivity contribution in [2.24, 2.45) is 0 Å². The first-order chi connectivity index (χ1) is 17.7. The number of benzene rings is 1. The first-order valence-corrected chi connectivity index (χ1v) is 13.0. The summed E-state index contributed by atoms with van der Waals surface area (Å²) in [6.45, 7) is 2.98. The van der Waals surface area contributed by atoms with Gasteiger partial charge in [-0.15, -0.1) is 11.8 Å². The van der Waals surface area contributed by atoms with Gasteiger partial charge >= 0.3 is 5.97 Å². The van der Waals surface area contributed by atoms with E-state index in [0.29, 0.717) is 28.2 Å². The summed E-state index contributed by atoms with van der Waals surface area (Å²) < 4.78 is 21.6. The van der Waals surface area contributed by atoms with Gasteiger partial charge in [-0.25, -0.2) is 14.2 Å². The Kier molecular flexibility index (Phi) is 5.45. The number of ether oxygens (including phenoxy) is 1. The number of carbonyl (C=O) groups is 2. The van der Waals surface area contributed by atoms with Crippen LogP contribution in [-0.4, -0.2) is 44.0 Å². The second-order valence-corrected chi connectivity index (χ2v) is 10.6. The lowest BCUT2D eigenvalue weighted by molar-refractivity contribution is -0.172. The highest BCUT2D eigenvalue weighted by Crippen LogP contribution is 2.48. The zero-order valence-electron chi connectivity index (χ0n) is 20.2. The highest BCUT2D eigenvalue weighted by atomic mass is 32.2. The number of esters is 1. The minimum Gasteiger partial charge on any atom is -0.458 e. The Labute approximate surface area is 214 Å². The molecule has 0 bridgehead atoms. The minimum atomic E-state index is -1.95. The van der Waals surface area contributed by atoms with Crippen LogP contribution in [0.5, 0.6) is 0 Å². The van der Waals surface area contributed by atoms with E-state index >= 15 is 0 Å². The standard InChI is InChI=1S/C26H24FN3O6S/c1-3-26(35)14-6-18-22-12(8-30(18)24(33)13(14)9-36-25(26)34)20-17(28-19(32)4-5-31)10-37-23-11(2)15(27)7-16(29-22)21(20)23/h6-7,17,31,35H,3-5,8-10H2,1-2H3,(H,28,32)/t17-,26+/m1/s1. The predicted octanol–water partition coefficient (Wildman–Crippen LogP) is 2.17. The third-order valence-electron chi connectivity index (χ3n) is 7.58. The summed E-state index contributed by atoms with van der Waals surface area (Å²) >= 11 is 1.43. The molecule has 0 aliphatic carbocycles. The number of cyclic esters (lactones) is 1. The maximum atomic E-state index is 14.9. The van der Waals surface area contributed by atoms with Crippen molar-refractivity contribution in [3.05, 3.63) is 56.1 Å². The molecule has 3 aromatic rings. The molecule has 0 radical (unpaired) electrons. The van der Waals surface area contributed by atoms with Crippen LogP contribution in [0.2, 0.25) is 0 Å². The number of nitrogens with one attached hydrogen (secondary N) is 1. The fourth-order valence-corrected chi connectivity index (χ4v) is 6.86. The van der Waals surface area contributed by atoms with Crippen LogP contribution >= 0.6 is 11.8 Å². The van der Waals surface area contributed by atoms with E-state index in [-0.39, 0.29) is 49.6 Å². The van der Waals surface area contributed by atoms with E-state index in [9.17, 15) is 29.0 Å². The van der Waals surface area contributed by atoms with Crippen molar-refractivity contribution >= 4 is 34.5 Å². The molecule has 1 amide bonds. The van der Waals surface area contributed by atoms with E-state index in [0.717, 1.165) is 21.4 Å². The lowest BCUT2D eigenvalue weighted by Crippen LogP contribution is -2.44. The number of hydrogen-bond donors (Lipinski definition) is 3. The molecule has 0 spiro atoms. The van der Waals surface area contributed by atoms with Crippen molar-refractivity contribution in [2.45, 2.75) is 56.4 Å². The van der Waals surface area contributed by atoms with Gasteiger partial charge in [0.05, 0.1) is 41.7 Å². The Morgan fingerprint density at radius 1 is 1.35 bits per heavy atom. The van der Waals surface area contributed by atoms with Crippen LogP contribution in [0.4, 0.5) is 4.39 Å². The number of carbonyl (C=O) groups excluding carboxylic acids is 2. The molecule has 9 nitrogen and oxygen atoms in total. The van der Waals surface area contributed by atoms with Crippen LogP contribution in [0, 0.1) is 12.7 Å². The number of fused-ring (bicyclic) bond motifs is 5. The molecule has 3 aliphatic heterocycles. The topological polar surface area (TPSA) is 131 Å². The summed E-state index contributed by atoms with van der Waals surface area (Å²) in [4.78, 5) is 44.0. The van der Waals surface area contributed by atoms with Crippen molar-refractivity contribution in [3.8, 4) is 11.4 Å². The highest BCUT2D eigenvalue weighted by molar-refractivity contribution is 7.99. The van der Waals surface area contributed by atoms with Gasteiger partial charge in [-0.3, -0.25) is 9.59 Å². The fraction of sp³-hybridized carbons (Fsp3) is 0.385. The number of amides is 1. The van der Waals surface area contributed by atoms with E-state index in [2.05, 4.69) is 5.32 Å². The second-order valence-electron chi connectivity index (χ2n) is 9.57.